The van der Waals surface area contributed by atoms with Crippen molar-refractivity contribution >= 4 is 21.8 Å². The van der Waals surface area contributed by atoms with E-state index >= 15 is 0 Å². The van der Waals surface area contributed by atoms with Crippen LogP contribution < -0.4 is 0 Å². The van der Waals surface area contributed by atoms with Crippen LogP contribution in [0.15, 0.2) is 107 Å². The van der Waals surface area contributed by atoms with E-state index in [1.165, 1.54) is 4.31 Å². The van der Waals surface area contributed by atoms with E-state index in [4.69, 9.17) is 9.47 Å². The number of benzene rings is 3. The van der Waals surface area contributed by atoms with Gasteiger partial charge in [0, 0.05) is 17.7 Å². The summed E-state index contributed by atoms with van der Waals surface area (Å²) in [6.45, 7) is 5.88. The Bertz CT molecular complexity index is 1490. The Hall–Kier alpha value is -3.68. The van der Waals surface area contributed by atoms with Gasteiger partial charge < -0.3 is 9.47 Å². The molecule has 0 unspecified atom stereocenters. The standard InChI is InChI=1S/C31H31NO5S/c1-4-36-29(33)19-25-21-32(38(34,35)26-17-15-22(2)16-18-26)30(24-13-9-6-10-14-24)31(3)27(25)20-28(37-31)23-11-7-5-8-12-23/h5-18,20,30H,4,19,21H2,1-3H3/t30-,31-/m1/s1. The van der Waals surface area contributed by atoms with Gasteiger partial charge in [0.05, 0.1) is 24.0 Å². The Morgan fingerprint density at radius 2 is 1.63 bits per heavy atom. The zero-order chi connectivity index (χ0) is 26.9. The normalized spacial score (nSPS) is 21.4. The predicted molar refractivity (Wildman–Crippen MR) is 146 cm³/mol. The number of ether oxygens (including phenoxy) is 2. The summed E-state index contributed by atoms with van der Waals surface area (Å²) in [5.74, 6) is 0.240. The van der Waals surface area contributed by atoms with Crippen LogP contribution in [-0.4, -0.2) is 37.4 Å². The van der Waals surface area contributed by atoms with Gasteiger partial charge in [-0.3, -0.25) is 4.79 Å². The largest absolute Gasteiger partial charge is 0.480 e. The number of hydrogen-bond acceptors (Lipinski definition) is 5. The number of hydrogen-bond donors (Lipinski definition) is 0. The Morgan fingerprint density at radius 3 is 2.26 bits per heavy atom. The highest BCUT2D eigenvalue weighted by Crippen LogP contribution is 2.53. The summed E-state index contributed by atoms with van der Waals surface area (Å²) in [7, 11) is -3.97. The Morgan fingerprint density at radius 1 is 1.00 bits per heavy atom. The Kier molecular flexibility index (Phi) is 6.99. The van der Waals surface area contributed by atoms with Crippen LogP contribution in [0.25, 0.3) is 5.76 Å². The zero-order valence-electron chi connectivity index (χ0n) is 21.8. The molecule has 0 fully saturated rings. The lowest BCUT2D eigenvalue weighted by atomic mass is 9.78. The van der Waals surface area contributed by atoms with Gasteiger partial charge in [0.25, 0.3) is 0 Å². The summed E-state index contributed by atoms with van der Waals surface area (Å²) >= 11 is 0. The van der Waals surface area contributed by atoms with E-state index in [1.54, 1.807) is 31.2 Å². The van der Waals surface area contributed by atoms with Crippen molar-refractivity contribution in [1.82, 2.24) is 4.31 Å². The first-order valence-electron chi connectivity index (χ1n) is 12.7. The van der Waals surface area contributed by atoms with E-state index < -0.39 is 27.6 Å². The van der Waals surface area contributed by atoms with Crippen molar-refractivity contribution in [1.29, 1.82) is 0 Å². The number of esters is 1. The number of aryl methyl sites for hydroxylation is 1. The monoisotopic (exact) mass is 529 g/mol. The third-order valence-electron chi connectivity index (χ3n) is 7.13. The van der Waals surface area contributed by atoms with E-state index in [1.807, 2.05) is 80.6 Å². The molecule has 0 amide bonds. The first-order valence-corrected chi connectivity index (χ1v) is 14.2. The van der Waals surface area contributed by atoms with Gasteiger partial charge in [-0.1, -0.05) is 78.4 Å². The van der Waals surface area contributed by atoms with Gasteiger partial charge in [-0.15, -0.1) is 0 Å². The summed E-state index contributed by atoms with van der Waals surface area (Å²) in [6, 6.07) is 25.4. The SMILES string of the molecule is CCOC(=O)CC1=C2C=C(c3ccccc3)O[C@@]2(C)[C@@H](c2ccccc2)N(S(=O)(=O)c2ccc(C)cc2)C1. The number of carbonyl (C=O) groups is 1. The van der Waals surface area contributed by atoms with Crippen LogP contribution in [0.1, 0.15) is 43.0 Å². The van der Waals surface area contributed by atoms with Crippen LogP contribution in [0.5, 0.6) is 0 Å². The molecule has 0 spiro atoms. The lowest BCUT2D eigenvalue weighted by molar-refractivity contribution is -0.142. The van der Waals surface area contributed by atoms with Crippen molar-refractivity contribution in [3.05, 3.63) is 119 Å². The number of rotatable bonds is 7. The van der Waals surface area contributed by atoms with Crippen LogP contribution in [0.3, 0.4) is 0 Å². The minimum absolute atomic E-state index is 0.0257. The van der Waals surface area contributed by atoms with Crippen LogP contribution in [0.4, 0.5) is 0 Å². The van der Waals surface area contributed by atoms with Crippen molar-refractivity contribution in [2.75, 3.05) is 13.2 Å². The number of fused-ring (bicyclic) bond motifs is 1. The molecule has 0 bridgehead atoms. The molecule has 2 aliphatic rings. The molecule has 2 heterocycles. The van der Waals surface area contributed by atoms with Gasteiger partial charge in [0.15, 0.2) is 5.60 Å². The smallest absolute Gasteiger partial charge is 0.309 e. The molecule has 3 aromatic carbocycles. The molecule has 3 aromatic rings. The van der Waals surface area contributed by atoms with E-state index in [0.717, 1.165) is 22.3 Å². The van der Waals surface area contributed by atoms with Crippen molar-refractivity contribution in [2.24, 2.45) is 0 Å². The molecule has 5 rings (SSSR count). The molecule has 7 heteroatoms. The average Bonchev–Trinajstić information content (AvgIpc) is 3.28. The number of carbonyl (C=O) groups excluding carboxylic acids is 1. The van der Waals surface area contributed by atoms with E-state index in [-0.39, 0.29) is 24.5 Å². The fourth-order valence-electron chi connectivity index (χ4n) is 5.35. The van der Waals surface area contributed by atoms with E-state index in [2.05, 4.69) is 0 Å². The van der Waals surface area contributed by atoms with Crippen LogP contribution in [-0.2, 0) is 24.3 Å². The van der Waals surface area contributed by atoms with Crippen LogP contribution in [0, 0.1) is 6.92 Å². The maximum absolute atomic E-state index is 14.2. The van der Waals surface area contributed by atoms with Crippen molar-refractivity contribution in [3.63, 3.8) is 0 Å². The first kappa shape index (κ1) is 25.9. The second-order valence-electron chi connectivity index (χ2n) is 9.76. The summed E-state index contributed by atoms with van der Waals surface area (Å²) < 4.78 is 41.9. The zero-order valence-corrected chi connectivity index (χ0v) is 22.6. The van der Waals surface area contributed by atoms with Gasteiger partial charge in [-0.25, -0.2) is 8.42 Å². The van der Waals surface area contributed by atoms with Gasteiger partial charge >= 0.3 is 5.97 Å². The molecule has 6 nitrogen and oxygen atoms in total. The van der Waals surface area contributed by atoms with E-state index in [9.17, 15) is 13.2 Å². The molecule has 0 aromatic heterocycles. The fraction of sp³-hybridized carbons (Fsp3) is 0.258. The van der Waals surface area contributed by atoms with Gasteiger partial charge in [0.2, 0.25) is 10.0 Å². The molecular formula is C31H31NO5S. The molecule has 0 radical (unpaired) electrons. The van der Waals surface area contributed by atoms with Crippen molar-refractivity contribution in [3.8, 4) is 0 Å². The maximum atomic E-state index is 14.2. The molecule has 0 saturated heterocycles. The van der Waals surface area contributed by atoms with Gasteiger partial charge in [0.1, 0.15) is 5.76 Å². The highest BCUT2D eigenvalue weighted by atomic mass is 32.2. The molecule has 196 valence electrons. The summed E-state index contributed by atoms with van der Waals surface area (Å²) in [4.78, 5) is 12.9. The lowest BCUT2D eigenvalue weighted by Gasteiger charge is -2.46. The van der Waals surface area contributed by atoms with E-state index in [0.29, 0.717) is 11.3 Å². The highest BCUT2D eigenvalue weighted by molar-refractivity contribution is 7.89. The van der Waals surface area contributed by atoms with Crippen molar-refractivity contribution in [2.45, 2.75) is 43.7 Å². The molecule has 2 atom stereocenters. The molecule has 0 N–H and O–H groups in total. The first-order chi connectivity index (χ1) is 18.2. The third kappa shape index (κ3) is 4.68. The predicted octanol–water partition coefficient (Wildman–Crippen LogP) is 5.82. The summed E-state index contributed by atoms with van der Waals surface area (Å²) in [6.07, 6.45) is 1.93. The minimum Gasteiger partial charge on any atom is -0.480 e. The topological polar surface area (TPSA) is 72.9 Å². The van der Waals surface area contributed by atoms with Crippen LogP contribution >= 0.6 is 0 Å². The molecule has 0 aliphatic carbocycles. The second kappa shape index (κ2) is 10.2. The lowest BCUT2D eigenvalue weighted by Crippen LogP contribution is -2.52. The fourth-order valence-corrected chi connectivity index (χ4v) is 7.03. The third-order valence-corrected chi connectivity index (χ3v) is 8.96. The minimum atomic E-state index is -3.97. The summed E-state index contributed by atoms with van der Waals surface area (Å²) in [5, 5.41) is 0. The highest BCUT2D eigenvalue weighted by Gasteiger charge is 2.54. The molecule has 38 heavy (non-hydrogen) atoms. The number of sulfonamides is 1. The average molecular weight is 530 g/mol. The van der Waals surface area contributed by atoms with Gasteiger partial charge in [-0.05, 0) is 50.1 Å². The number of nitrogens with zero attached hydrogens (tertiary/aromatic N) is 1. The quantitative estimate of drug-likeness (QED) is 0.361. The Labute approximate surface area is 224 Å². The van der Waals surface area contributed by atoms with Crippen molar-refractivity contribution < 1.29 is 22.7 Å². The second-order valence-corrected chi connectivity index (χ2v) is 11.6. The maximum Gasteiger partial charge on any atom is 0.309 e. The molecular weight excluding hydrogens is 498 g/mol. The molecule has 2 aliphatic heterocycles. The molecule has 0 saturated carbocycles. The van der Waals surface area contributed by atoms with Crippen LogP contribution in [0.2, 0.25) is 0 Å². The Balaban J connectivity index is 1.70. The summed E-state index contributed by atoms with van der Waals surface area (Å²) in [5.41, 5.74) is 3.06. The van der Waals surface area contributed by atoms with Gasteiger partial charge in [-0.2, -0.15) is 4.31 Å².